The number of aliphatic hydroxyl groups is 1. The van der Waals surface area contributed by atoms with Crippen LogP contribution >= 0.6 is 15.9 Å². The minimum atomic E-state index is -0.961. The number of nitrogens with one attached hydrogen (secondary N) is 1. The Morgan fingerprint density at radius 3 is 2.22 bits per heavy atom. The van der Waals surface area contributed by atoms with E-state index in [9.17, 15) is 19.1 Å². The second-order valence-electron chi connectivity index (χ2n) is 5.05. The third-order valence-electron chi connectivity index (χ3n) is 3.57. The molecule has 1 atom stereocenters. The van der Waals surface area contributed by atoms with Crippen molar-refractivity contribution in [3.8, 4) is 0 Å². The molecule has 0 radical (unpaired) electrons. The van der Waals surface area contributed by atoms with E-state index in [1.54, 1.807) is 24.3 Å². The number of rotatable bonds is 2. The Morgan fingerprint density at radius 2 is 1.61 bits per heavy atom. The van der Waals surface area contributed by atoms with E-state index in [1.165, 1.54) is 24.3 Å². The van der Waals surface area contributed by atoms with E-state index in [1.807, 2.05) is 0 Å². The molecule has 2 N–H and O–H groups in total. The van der Waals surface area contributed by atoms with Crippen LogP contribution in [0, 0.1) is 5.82 Å². The summed E-state index contributed by atoms with van der Waals surface area (Å²) in [6.45, 7) is 0. The molecule has 1 aliphatic heterocycles. The van der Waals surface area contributed by atoms with Crippen molar-refractivity contribution in [2.24, 2.45) is 0 Å². The molecule has 0 spiro atoms. The van der Waals surface area contributed by atoms with Gasteiger partial charge in [0.15, 0.2) is 11.5 Å². The first-order valence-electron chi connectivity index (χ1n) is 6.77. The van der Waals surface area contributed by atoms with Gasteiger partial charge < -0.3 is 10.4 Å². The lowest BCUT2D eigenvalue weighted by atomic mass is 9.89. The number of aliphatic hydroxyl groups excluding tert-OH is 1. The predicted molar refractivity (Wildman–Crippen MR) is 86.0 cm³/mol. The molecule has 1 amide bonds. The third-order valence-corrected chi connectivity index (χ3v) is 4.10. The van der Waals surface area contributed by atoms with E-state index in [4.69, 9.17) is 0 Å². The average Bonchev–Trinajstić information content (AvgIpc) is 2.54. The maximum absolute atomic E-state index is 13.0. The van der Waals surface area contributed by atoms with Gasteiger partial charge in [-0.3, -0.25) is 9.59 Å². The lowest BCUT2D eigenvalue weighted by Crippen LogP contribution is -2.40. The number of Topliss-reactive ketones (excluding diaryl/α,β-unsaturated/α-hetero) is 1. The summed E-state index contributed by atoms with van der Waals surface area (Å²) in [5.41, 5.74) is 0.847. The van der Waals surface area contributed by atoms with Crippen molar-refractivity contribution in [2.75, 3.05) is 0 Å². The van der Waals surface area contributed by atoms with Gasteiger partial charge in [0.05, 0.1) is 5.57 Å². The molecule has 1 aliphatic rings. The van der Waals surface area contributed by atoms with Gasteiger partial charge in [-0.05, 0) is 35.4 Å². The van der Waals surface area contributed by atoms with Crippen molar-refractivity contribution in [3.05, 3.63) is 75.7 Å². The second kappa shape index (κ2) is 5.96. The van der Waals surface area contributed by atoms with Crippen LogP contribution in [0.25, 0.3) is 5.57 Å². The summed E-state index contributed by atoms with van der Waals surface area (Å²) >= 11 is 3.29. The smallest absolute Gasteiger partial charge is 0.287 e. The van der Waals surface area contributed by atoms with Gasteiger partial charge in [0.25, 0.3) is 5.91 Å². The van der Waals surface area contributed by atoms with Crippen LogP contribution in [-0.4, -0.2) is 16.8 Å². The van der Waals surface area contributed by atoms with Crippen molar-refractivity contribution in [1.82, 2.24) is 5.32 Å². The van der Waals surface area contributed by atoms with E-state index in [2.05, 4.69) is 21.2 Å². The Hall–Kier alpha value is -2.47. The summed E-state index contributed by atoms with van der Waals surface area (Å²) < 4.78 is 13.9. The highest BCUT2D eigenvalue weighted by Gasteiger charge is 2.36. The van der Waals surface area contributed by atoms with Gasteiger partial charge in [-0.25, -0.2) is 4.39 Å². The summed E-state index contributed by atoms with van der Waals surface area (Å²) in [7, 11) is 0. The van der Waals surface area contributed by atoms with Crippen molar-refractivity contribution in [3.63, 3.8) is 0 Å². The van der Waals surface area contributed by atoms with E-state index in [-0.39, 0.29) is 5.57 Å². The lowest BCUT2D eigenvalue weighted by Gasteiger charge is -2.25. The van der Waals surface area contributed by atoms with Gasteiger partial charge in [-0.2, -0.15) is 0 Å². The van der Waals surface area contributed by atoms with E-state index >= 15 is 0 Å². The Bertz CT molecular complexity index is 813. The first-order chi connectivity index (χ1) is 11.0. The zero-order valence-corrected chi connectivity index (χ0v) is 13.3. The minimum absolute atomic E-state index is 0.0458. The average molecular weight is 376 g/mol. The lowest BCUT2D eigenvalue weighted by molar-refractivity contribution is -0.126. The number of ketones is 1. The molecule has 2 aromatic carbocycles. The van der Waals surface area contributed by atoms with Crippen molar-refractivity contribution in [1.29, 1.82) is 0 Å². The summed E-state index contributed by atoms with van der Waals surface area (Å²) in [6, 6.07) is 11.0. The zero-order chi connectivity index (χ0) is 16.6. The number of carbonyl (C=O) groups is 2. The number of halogens is 2. The molecule has 4 nitrogen and oxygen atoms in total. The number of amides is 1. The minimum Gasteiger partial charge on any atom is -0.503 e. The van der Waals surface area contributed by atoms with Crippen LogP contribution in [0.3, 0.4) is 0 Å². The largest absolute Gasteiger partial charge is 0.503 e. The van der Waals surface area contributed by atoms with Crippen LogP contribution in [0.1, 0.15) is 17.2 Å². The van der Waals surface area contributed by atoms with Crippen LogP contribution in [0.15, 0.2) is 58.8 Å². The fourth-order valence-electron chi connectivity index (χ4n) is 2.43. The third kappa shape index (κ3) is 2.90. The quantitative estimate of drug-likeness (QED) is 0.846. The molecule has 0 aliphatic carbocycles. The molecule has 0 aromatic heterocycles. The highest BCUT2D eigenvalue weighted by molar-refractivity contribution is 9.10. The van der Waals surface area contributed by atoms with Crippen molar-refractivity contribution < 1.29 is 19.1 Å². The van der Waals surface area contributed by atoms with Gasteiger partial charge in [-0.15, -0.1) is 0 Å². The first kappa shape index (κ1) is 15.4. The summed E-state index contributed by atoms with van der Waals surface area (Å²) in [5, 5.41) is 12.4. The topological polar surface area (TPSA) is 66.4 Å². The zero-order valence-electron chi connectivity index (χ0n) is 11.7. The standard InChI is InChI=1S/C17H11BrFNO3/c18-11-5-1-9(2-6-11)13-15(21)14(20-17(23)16(13)22)10-3-7-12(19)8-4-10/h1-8,14,22H,(H,20,23). The van der Waals surface area contributed by atoms with E-state index < -0.39 is 29.3 Å². The van der Waals surface area contributed by atoms with Crippen LogP contribution < -0.4 is 5.32 Å². The molecule has 1 heterocycles. The van der Waals surface area contributed by atoms with Gasteiger partial charge in [0, 0.05) is 4.47 Å². The van der Waals surface area contributed by atoms with E-state index in [0.717, 1.165) is 4.47 Å². The molecule has 0 fully saturated rings. The summed E-state index contributed by atoms with van der Waals surface area (Å²) in [4.78, 5) is 24.7. The monoisotopic (exact) mass is 375 g/mol. The number of hydrogen-bond donors (Lipinski definition) is 2. The van der Waals surface area contributed by atoms with Gasteiger partial charge in [0.2, 0.25) is 0 Å². The van der Waals surface area contributed by atoms with Crippen LogP contribution in [-0.2, 0) is 9.59 Å². The second-order valence-corrected chi connectivity index (χ2v) is 5.97. The molecular weight excluding hydrogens is 365 g/mol. The maximum Gasteiger partial charge on any atom is 0.287 e. The molecule has 2 aromatic rings. The molecule has 0 saturated carbocycles. The number of benzene rings is 2. The highest BCUT2D eigenvalue weighted by atomic mass is 79.9. The molecule has 116 valence electrons. The summed E-state index contributed by atoms with van der Waals surface area (Å²) in [5.74, 6) is -2.24. The Morgan fingerprint density at radius 1 is 1.00 bits per heavy atom. The van der Waals surface area contributed by atoms with Gasteiger partial charge in [-0.1, -0.05) is 40.2 Å². The normalized spacial score (nSPS) is 18.1. The fraction of sp³-hybridized carbons (Fsp3) is 0.0588. The SMILES string of the molecule is O=C1NC(c2ccc(F)cc2)C(=O)C(c2ccc(Br)cc2)=C1O. The predicted octanol–water partition coefficient (Wildman–Crippen LogP) is 3.30. The summed E-state index contributed by atoms with van der Waals surface area (Å²) in [6.07, 6.45) is 0. The highest BCUT2D eigenvalue weighted by Crippen LogP contribution is 2.31. The van der Waals surface area contributed by atoms with Crippen molar-refractivity contribution >= 4 is 33.2 Å². The Balaban J connectivity index is 2.06. The molecular formula is C17H11BrFNO3. The molecule has 1 unspecified atom stereocenters. The van der Waals surface area contributed by atoms with Crippen LogP contribution in [0.4, 0.5) is 4.39 Å². The Labute approximate surface area is 139 Å². The number of carbonyl (C=O) groups excluding carboxylic acids is 2. The van der Waals surface area contributed by atoms with Crippen LogP contribution in [0.2, 0.25) is 0 Å². The Kier molecular flexibility index (Phi) is 4.00. The first-order valence-corrected chi connectivity index (χ1v) is 7.56. The molecule has 3 rings (SSSR count). The number of hydrogen-bond acceptors (Lipinski definition) is 3. The van der Waals surface area contributed by atoms with Gasteiger partial charge in [0.1, 0.15) is 11.9 Å². The molecule has 0 bridgehead atoms. The van der Waals surface area contributed by atoms with Crippen LogP contribution in [0.5, 0.6) is 0 Å². The fourth-order valence-corrected chi connectivity index (χ4v) is 2.69. The van der Waals surface area contributed by atoms with Gasteiger partial charge >= 0.3 is 0 Å². The molecule has 23 heavy (non-hydrogen) atoms. The molecule has 6 heteroatoms. The van der Waals surface area contributed by atoms with E-state index in [0.29, 0.717) is 11.1 Å². The maximum atomic E-state index is 13.0. The molecule has 0 saturated heterocycles. The van der Waals surface area contributed by atoms with Crippen molar-refractivity contribution in [2.45, 2.75) is 6.04 Å².